The first-order valence-electron chi connectivity index (χ1n) is 5.35. The van der Waals surface area contributed by atoms with E-state index in [2.05, 4.69) is 32.7 Å². The molecule has 6 heteroatoms. The second-order valence-corrected chi connectivity index (χ2v) is 3.12. The van der Waals surface area contributed by atoms with Crippen molar-refractivity contribution in [3.8, 4) is 0 Å². The van der Waals surface area contributed by atoms with Crippen LogP contribution in [0.3, 0.4) is 0 Å². The highest BCUT2D eigenvalue weighted by Gasteiger charge is 2.02. The van der Waals surface area contributed by atoms with E-state index in [4.69, 9.17) is 0 Å². The summed E-state index contributed by atoms with van der Waals surface area (Å²) in [6.07, 6.45) is 0. The highest BCUT2D eigenvalue weighted by Crippen LogP contribution is 1.92. The Morgan fingerprint density at radius 1 is 0.833 bits per heavy atom. The fourth-order valence-electron chi connectivity index (χ4n) is 0.367. The van der Waals surface area contributed by atoms with Crippen molar-refractivity contribution in [2.45, 2.75) is 27.7 Å². The highest BCUT2D eigenvalue weighted by molar-refractivity contribution is 5.86. The van der Waals surface area contributed by atoms with E-state index in [1.807, 2.05) is 0 Å². The van der Waals surface area contributed by atoms with Crippen molar-refractivity contribution in [2.24, 2.45) is 0 Å². The molecule has 0 amide bonds. The summed E-state index contributed by atoms with van der Waals surface area (Å²) in [6, 6.07) is 0. The first kappa shape index (κ1) is 18.7. The normalized spacial score (nSPS) is 8.67. The van der Waals surface area contributed by atoms with E-state index >= 15 is 0 Å². The molecule has 0 radical (unpaired) electrons. The van der Waals surface area contributed by atoms with Gasteiger partial charge in [-0.05, 0) is 27.7 Å². The molecule has 0 unspecified atom stereocenters. The minimum Gasteiger partial charge on any atom is -0.293 e. The Kier molecular flexibility index (Phi) is 12.3. The smallest absolute Gasteiger partial charge is 0.293 e. The van der Waals surface area contributed by atoms with Crippen molar-refractivity contribution in [2.75, 3.05) is 13.2 Å². The number of carbonyl (C=O) groups is 2. The van der Waals surface area contributed by atoms with Gasteiger partial charge in [-0.25, -0.2) is 9.59 Å². The van der Waals surface area contributed by atoms with Crippen LogP contribution in [0.1, 0.15) is 27.7 Å². The summed E-state index contributed by atoms with van der Waals surface area (Å²) < 4.78 is 0. The van der Waals surface area contributed by atoms with E-state index in [-0.39, 0.29) is 0 Å². The van der Waals surface area contributed by atoms with Crippen molar-refractivity contribution in [3.63, 3.8) is 0 Å². The summed E-state index contributed by atoms with van der Waals surface area (Å²) in [5.41, 5.74) is 0.673. The number of hydrogen-bond acceptors (Lipinski definition) is 6. The lowest BCUT2D eigenvalue weighted by atomic mass is 10.4. The van der Waals surface area contributed by atoms with Crippen molar-refractivity contribution in [1.82, 2.24) is 0 Å². The number of rotatable bonds is 6. The van der Waals surface area contributed by atoms with Gasteiger partial charge in [0.05, 0.1) is 13.2 Å². The molecule has 0 aliphatic heterocycles. The third kappa shape index (κ3) is 12.4. The maximum Gasteiger partial charge on any atom is 0.368 e. The van der Waals surface area contributed by atoms with Gasteiger partial charge in [-0.15, -0.1) is 0 Å². The van der Waals surface area contributed by atoms with Crippen LogP contribution in [-0.2, 0) is 29.1 Å². The minimum absolute atomic E-state index is 0.337. The fourth-order valence-corrected chi connectivity index (χ4v) is 0.367. The minimum atomic E-state index is -0.517. The molecule has 0 aliphatic carbocycles. The predicted octanol–water partition coefficient (Wildman–Crippen LogP) is 2.11. The van der Waals surface area contributed by atoms with Crippen LogP contribution in [-0.4, -0.2) is 25.2 Å². The van der Waals surface area contributed by atoms with Crippen LogP contribution in [0.2, 0.25) is 0 Å². The predicted molar refractivity (Wildman–Crippen MR) is 65.1 cm³/mol. The van der Waals surface area contributed by atoms with E-state index < -0.39 is 11.9 Å². The molecule has 0 atom stereocenters. The Balaban J connectivity index is 0. The van der Waals surface area contributed by atoms with Crippen LogP contribution in [0.15, 0.2) is 24.3 Å². The number of hydrogen-bond donors (Lipinski definition) is 0. The molecule has 0 rings (SSSR count). The number of carbonyl (C=O) groups excluding carboxylic acids is 2. The molecule has 0 saturated heterocycles. The molecule has 0 heterocycles. The van der Waals surface area contributed by atoms with Crippen LogP contribution in [0.5, 0.6) is 0 Å². The molecular formula is C12H20O6. The van der Waals surface area contributed by atoms with Crippen molar-refractivity contribution < 1.29 is 29.1 Å². The molecule has 0 spiro atoms. The summed E-state index contributed by atoms with van der Waals surface area (Å²) in [5.74, 6) is -1.03. The van der Waals surface area contributed by atoms with Crippen LogP contribution in [0, 0.1) is 0 Å². The van der Waals surface area contributed by atoms with Gasteiger partial charge in [0, 0.05) is 11.1 Å². The zero-order valence-corrected chi connectivity index (χ0v) is 11.3. The molecule has 18 heavy (non-hydrogen) atoms. The first-order valence-corrected chi connectivity index (χ1v) is 5.35. The monoisotopic (exact) mass is 260 g/mol. The molecule has 6 nitrogen and oxygen atoms in total. The van der Waals surface area contributed by atoms with E-state index in [0.29, 0.717) is 24.4 Å². The van der Waals surface area contributed by atoms with Crippen LogP contribution in [0.25, 0.3) is 0 Å². The van der Waals surface area contributed by atoms with Gasteiger partial charge in [0.15, 0.2) is 0 Å². The summed E-state index contributed by atoms with van der Waals surface area (Å²) in [7, 11) is 0. The van der Waals surface area contributed by atoms with E-state index in [1.165, 1.54) is 0 Å². The maximum atomic E-state index is 10.5. The Hall–Kier alpha value is -1.66. The van der Waals surface area contributed by atoms with Gasteiger partial charge in [0.2, 0.25) is 0 Å². The molecule has 104 valence electrons. The van der Waals surface area contributed by atoms with Gasteiger partial charge in [-0.3, -0.25) is 9.78 Å². The van der Waals surface area contributed by atoms with Crippen molar-refractivity contribution >= 4 is 11.9 Å². The Labute approximate surface area is 107 Å². The first-order chi connectivity index (χ1) is 8.36. The van der Waals surface area contributed by atoms with Crippen molar-refractivity contribution in [3.05, 3.63) is 24.3 Å². The standard InChI is InChI=1S/2C6H10O3/c2*1-4-8-9-6(7)5(2)3/h2*2,4H2,1,3H3. The van der Waals surface area contributed by atoms with Gasteiger partial charge in [0.25, 0.3) is 0 Å². The average molecular weight is 260 g/mol. The highest BCUT2D eigenvalue weighted by atomic mass is 17.2. The van der Waals surface area contributed by atoms with Crippen molar-refractivity contribution in [1.29, 1.82) is 0 Å². The SMILES string of the molecule is C=C(C)C(=O)OOCC.C=C(C)C(=O)OOCC. The van der Waals surface area contributed by atoms with Gasteiger partial charge >= 0.3 is 11.9 Å². The lowest BCUT2D eigenvalue weighted by Gasteiger charge is -1.97. The Bertz CT molecular complexity index is 265. The lowest BCUT2D eigenvalue weighted by molar-refractivity contribution is -0.265. The average Bonchev–Trinajstić information content (AvgIpc) is 2.33. The molecule has 0 aromatic rings. The molecule has 0 N–H and O–H groups in total. The molecular weight excluding hydrogens is 240 g/mol. The van der Waals surface area contributed by atoms with Gasteiger partial charge in [-0.2, -0.15) is 9.78 Å². The summed E-state index contributed by atoms with van der Waals surface area (Å²) in [6.45, 7) is 14.0. The van der Waals surface area contributed by atoms with E-state index in [1.54, 1.807) is 27.7 Å². The Morgan fingerprint density at radius 3 is 1.28 bits per heavy atom. The third-order valence-corrected chi connectivity index (χ3v) is 1.20. The summed E-state index contributed by atoms with van der Waals surface area (Å²) in [4.78, 5) is 38.0. The van der Waals surface area contributed by atoms with Gasteiger partial charge < -0.3 is 0 Å². The molecule has 0 bridgehead atoms. The van der Waals surface area contributed by atoms with Crippen LogP contribution < -0.4 is 0 Å². The van der Waals surface area contributed by atoms with E-state index in [9.17, 15) is 9.59 Å². The summed E-state index contributed by atoms with van der Waals surface area (Å²) >= 11 is 0. The Morgan fingerprint density at radius 2 is 1.11 bits per heavy atom. The second-order valence-electron chi connectivity index (χ2n) is 3.12. The summed E-state index contributed by atoms with van der Waals surface area (Å²) in [5, 5.41) is 0. The zero-order chi connectivity index (χ0) is 14.6. The molecule has 0 fully saturated rings. The van der Waals surface area contributed by atoms with Gasteiger partial charge in [-0.1, -0.05) is 13.2 Å². The van der Waals surface area contributed by atoms with Gasteiger partial charge in [0.1, 0.15) is 0 Å². The third-order valence-electron chi connectivity index (χ3n) is 1.20. The zero-order valence-electron chi connectivity index (χ0n) is 11.3. The van der Waals surface area contributed by atoms with Crippen LogP contribution >= 0.6 is 0 Å². The molecule has 0 saturated carbocycles. The molecule has 0 aromatic carbocycles. The quantitative estimate of drug-likeness (QED) is 0.414. The second kappa shape index (κ2) is 11.8. The maximum absolute atomic E-state index is 10.5. The van der Waals surface area contributed by atoms with E-state index in [0.717, 1.165) is 0 Å². The molecule has 0 aromatic heterocycles. The molecule has 0 aliphatic rings. The fraction of sp³-hybridized carbons (Fsp3) is 0.500. The van der Waals surface area contributed by atoms with Crippen LogP contribution in [0.4, 0.5) is 0 Å². The topological polar surface area (TPSA) is 71.1 Å². The lowest BCUT2D eigenvalue weighted by Crippen LogP contribution is -2.05. The largest absolute Gasteiger partial charge is 0.368 e.